The van der Waals surface area contributed by atoms with Gasteiger partial charge in [-0.15, -0.1) is 0 Å². The van der Waals surface area contributed by atoms with Crippen molar-refractivity contribution in [3.63, 3.8) is 0 Å². The van der Waals surface area contributed by atoms with E-state index in [0.29, 0.717) is 13.0 Å². The summed E-state index contributed by atoms with van der Waals surface area (Å²) in [6, 6.07) is 0. The molecule has 2 N–H and O–H groups in total. The fraction of sp³-hybridized carbons (Fsp3) is 0.933. The summed E-state index contributed by atoms with van der Waals surface area (Å²) in [5.41, 5.74) is -0.730. The summed E-state index contributed by atoms with van der Waals surface area (Å²) in [4.78, 5) is 14.6. The molecule has 2 fully saturated rings. The molecule has 1 amide bonds. The van der Waals surface area contributed by atoms with Crippen LogP contribution in [0.3, 0.4) is 0 Å². The van der Waals surface area contributed by atoms with Gasteiger partial charge in [0.1, 0.15) is 0 Å². The summed E-state index contributed by atoms with van der Waals surface area (Å²) in [6.45, 7) is 4.67. The maximum atomic E-state index is 12.3. The van der Waals surface area contributed by atoms with E-state index in [-0.39, 0.29) is 11.3 Å². The van der Waals surface area contributed by atoms with Crippen LogP contribution in [0.2, 0.25) is 0 Å². The van der Waals surface area contributed by atoms with Gasteiger partial charge in [0.05, 0.1) is 5.60 Å². The lowest BCUT2D eigenvalue weighted by Crippen LogP contribution is -2.47. The van der Waals surface area contributed by atoms with Gasteiger partial charge in [0.2, 0.25) is 5.91 Å². The zero-order valence-corrected chi connectivity index (χ0v) is 12.4. The van der Waals surface area contributed by atoms with E-state index in [1.165, 1.54) is 0 Å². The third kappa shape index (κ3) is 3.69. The summed E-state index contributed by atoms with van der Waals surface area (Å²) >= 11 is 0. The first-order valence-electron chi connectivity index (χ1n) is 7.63. The molecule has 4 nitrogen and oxygen atoms in total. The van der Waals surface area contributed by atoms with Crippen LogP contribution in [0.25, 0.3) is 0 Å². The first-order valence-corrected chi connectivity index (χ1v) is 7.63. The minimum Gasteiger partial charge on any atom is -0.390 e. The highest BCUT2D eigenvalue weighted by atomic mass is 16.3. The highest BCUT2D eigenvalue weighted by molar-refractivity contribution is 5.82. The summed E-state index contributed by atoms with van der Waals surface area (Å²) in [5, 5.41) is 13.3. The lowest BCUT2D eigenvalue weighted by Gasteiger charge is -2.36. The van der Waals surface area contributed by atoms with Gasteiger partial charge >= 0.3 is 0 Å². The summed E-state index contributed by atoms with van der Waals surface area (Å²) < 4.78 is 0. The molecule has 2 aliphatic rings. The fourth-order valence-corrected chi connectivity index (χ4v) is 3.24. The van der Waals surface area contributed by atoms with Gasteiger partial charge in [-0.2, -0.15) is 0 Å². The molecule has 110 valence electrons. The standard InChI is InChI=1S/C15H28N2O2/c1-14(8-11-17(2)12-9-14)13(18)16-10-7-15(19)5-3-4-6-15/h19H,3-12H2,1-2H3,(H,16,18). The molecular weight excluding hydrogens is 240 g/mol. The minimum atomic E-state index is -0.513. The van der Waals surface area contributed by atoms with E-state index in [1.807, 2.05) is 0 Å². The van der Waals surface area contributed by atoms with E-state index in [1.54, 1.807) is 0 Å². The van der Waals surface area contributed by atoms with Crippen molar-refractivity contribution in [3.05, 3.63) is 0 Å². The molecule has 1 heterocycles. The van der Waals surface area contributed by atoms with E-state index in [0.717, 1.165) is 51.6 Å². The van der Waals surface area contributed by atoms with Crippen LogP contribution < -0.4 is 5.32 Å². The van der Waals surface area contributed by atoms with Gasteiger partial charge in [-0.25, -0.2) is 0 Å². The van der Waals surface area contributed by atoms with Crippen molar-refractivity contribution in [1.29, 1.82) is 0 Å². The van der Waals surface area contributed by atoms with Crippen molar-refractivity contribution in [1.82, 2.24) is 10.2 Å². The molecule has 4 heteroatoms. The number of likely N-dealkylation sites (tertiary alicyclic amines) is 1. The molecule has 0 bridgehead atoms. The zero-order chi connectivity index (χ0) is 13.9. The quantitative estimate of drug-likeness (QED) is 0.813. The Morgan fingerprint density at radius 3 is 2.37 bits per heavy atom. The molecule has 2 rings (SSSR count). The predicted octanol–water partition coefficient (Wildman–Crippen LogP) is 1.53. The molecule has 0 spiro atoms. The molecule has 0 aromatic rings. The normalized spacial score (nSPS) is 26.3. The topological polar surface area (TPSA) is 52.6 Å². The number of rotatable bonds is 4. The van der Waals surface area contributed by atoms with Gasteiger partial charge in [-0.1, -0.05) is 19.8 Å². The number of carbonyl (C=O) groups excluding carboxylic acids is 1. The van der Waals surface area contributed by atoms with Crippen molar-refractivity contribution >= 4 is 5.91 Å². The second-order valence-electron chi connectivity index (χ2n) is 6.80. The maximum absolute atomic E-state index is 12.3. The smallest absolute Gasteiger partial charge is 0.226 e. The lowest BCUT2D eigenvalue weighted by atomic mass is 9.79. The first-order chi connectivity index (χ1) is 8.94. The van der Waals surface area contributed by atoms with Gasteiger partial charge in [0, 0.05) is 12.0 Å². The Hall–Kier alpha value is -0.610. The minimum absolute atomic E-state index is 0.169. The molecule has 1 aliphatic heterocycles. The third-order valence-electron chi connectivity index (χ3n) is 5.05. The summed E-state index contributed by atoms with van der Waals surface area (Å²) in [5.74, 6) is 0.169. The van der Waals surface area contributed by atoms with Crippen LogP contribution in [0.15, 0.2) is 0 Å². The Morgan fingerprint density at radius 1 is 1.21 bits per heavy atom. The molecule has 1 saturated carbocycles. The largest absolute Gasteiger partial charge is 0.390 e. The molecule has 1 aliphatic carbocycles. The van der Waals surface area contributed by atoms with E-state index in [2.05, 4.69) is 24.2 Å². The average molecular weight is 268 g/mol. The number of aliphatic hydroxyl groups is 1. The van der Waals surface area contributed by atoms with Crippen molar-refractivity contribution in [2.75, 3.05) is 26.7 Å². The molecule has 0 aromatic carbocycles. The predicted molar refractivity (Wildman–Crippen MR) is 75.9 cm³/mol. The van der Waals surface area contributed by atoms with Gasteiger partial charge in [0.25, 0.3) is 0 Å². The first kappa shape index (κ1) is 14.8. The summed E-state index contributed by atoms with van der Waals surface area (Å²) in [6.07, 6.45) is 6.59. The van der Waals surface area contributed by atoms with Crippen LogP contribution in [0.1, 0.15) is 51.9 Å². The Kier molecular flexibility index (Phi) is 4.51. The fourth-order valence-electron chi connectivity index (χ4n) is 3.24. The Balaban J connectivity index is 1.74. The van der Waals surface area contributed by atoms with Crippen molar-refractivity contribution in [2.45, 2.75) is 57.5 Å². The monoisotopic (exact) mass is 268 g/mol. The number of piperidine rings is 1. The maximum Gasteiger partial charge on any atom is 0.226 e. The van der Waals surface area contributed by atoms with Crippen LogP contribution >= 0.6 is 0 Å². The van der Waals surface area contributed by atoms with E-state index < -0.39 is 5.60 Å². The number of nitrogens with one attached hydrogen (secondary N) is 1. The number of nitrogens with zero attached hydrogens (tertiary/aromatic N) is 1. The van der Waals surface area contributed by atoms with Gasteiger partial charge in [-0.3, -0.25) is 4.79 Å². The number of carbonyl (C=O) groups is 1. The van der Waals surface area contributed by atoms with Crippen LogP contribution in [0, 0.1) is 5.41 Å². The van der Waals surface area contributed by atoms with E-state index in [4.69, 9.17) is 0 Å². The molecule has 0 radical (unpaired) electrons. The highest BCUT2D eigenvalue weighted by Crippen LogP contribution is 2.33. The molecule has 0 atom stereocenters. The van der Waals surface area contributed by atoms with E-state index in [9.17, 15) is 9.90 Å². The molecule has 0 unspecified atom stereocenters. The molecule has 1 saturated heterocycles. The number of amides is 1. The van der Waals surface area contributed by atoms with Crippen molar-refractivity contribution in [2.24, 2.45) is 5.41 Å². The van der Waals surface area contributed by atoms with Crippen molar-refractivity contribution < 1.29 is 9.90 Å². The Labute approximate surface area is 116 Å². The Morgan fingerprint density at radius 2 is 1.79 bits per heavy atom. The summed E-state index contributed by atoms with van der Waals surface area (Å²) in [7, 11) is 2.10. The Bertz CT molecular complexity index is 316. The van der Waals surface area contributed by atoms with Crippen molar-refractivity contribution in [3.8, 4) is 0 Å². The van der Waals surface area contributed by atoms with Gasteiger partial charge in [0.15, 0.2) is 0 Å². The molecule has 0 aromatic heterocycles. The van der Waals surface area contributed by atoms with Gasteiger partial charge in [-0.05, 0) is 52.2 Å². The number of hydrogen-bond donors (Lipinski definition) is 2. The number of hydrogen-bond acceptors (Lipinski definition) is 3. The van der Waals surface area contributed by atoms with Crippen LogP contribution in [0.4, 0.5) is 0 Å². The second-order valence-corrected chi connectivity index (χ2v) is 6.80. The van der Waals surface area contributed by atoms with E-state index >= 15 is 0 Å². The van der Waals surface area contributed by atoms with Crippen LogP contribution in [0.5, 0.6) is 0 Å². The zero-order valence-electron chi connectivity index (χ0n) is 12.4. The average Bonchev–Trinajstić information content (AvgIpc) is 2.80. The lowest BCUT2D eigenvalue weighted by molar-refractivity contribution is -0.132. The van der Waals surface area contributed by atoms with Crippen LogP contribution in [-0.4, -0.2) is 48.2 Å². The third-order valence-corrected chi connectivity index (χ3v) is 5.05. The highest BCUT2D eigenvalue weighted by Gasteiger charge is 2.36. The SMILES string of the molecule is CN1CCC(C)(C(=O)NCCC2(O)CCCC2)CC1. The van der Waals surface area contributed by atoms with Gasteiger partial charge < -0.3 is 15.3 Å². The molecular formula is C15H28N2O2. The second kappa shape index (κ2) is 5.80. The molecule has 19 heavy (non-hydrogen) atoms. The van der Waals surface area contributed by atoms with Crippen LogP contribution in [-0.2, 0) is 4.79 Å².